The lowest BCUT2D eigenvalue weighted by Gasteiger charge is -2.22. The van der Waals surface area contributed by atoms with Crippen LogP contribution in [0.3, 0.4) is 0 Å². The summed E-state index contributed by atoms with van der Waals surface area (Å²) in [5, 5.41) is 0. The Bertz CT molecular complexity index is 433. The first-order valence-corrected chi connectivity index (χ1v) is 6.46. The first-order chi connectivity index (χ1) is 8.65. The van der Waals surface area contributed by atoms with Crippen molar-refractivity contribution in [1.29, 1.82) is 0 Å². The van der Waals surface area contributed by atoms with Crippen molar-refractivity contribution < 1.29 is 9.47 Å². The van der Waals surface area contributed by atoms with Gasteiger partial charge in [0.25, 0.3) is 0 Å². The fraction of sp³-hybridized carbons (Fsp3) is 0.583. The molecule has 1 fully saturated rings. The number of rotatable bonds is 4. The van der Waals surface area contributed by atoms with Gasteiger partial charge in [0.2, 0.25) is 0 Å². The summed E-state index contributed by atoms with van der Waals surface area (Å²) in [5.74, 6) is 0. The molecule has 1 aromatic heterocycles. The van der Waals surface area contributed by atoms with Crippen LogP contribution >= 0.6 is 12.2 Å². The average molecular weight is 267 g/mol. The third-order valence-electron chi connectivity index (χ3n) is 2.76. The Labute approximate surface area is 112 Å². The summed E-state index contributed by atoms with van der Waals surface area (Å²) in [6.07, 6.45) is 3.47. The van der Waals surface area contributed by atoms with Crippen molar-refractivity contribution in [3.05, 3.63) is 17.5 Å². The lowest BCUT2D eigenvalue weighted by molar-refractivity contribution is -0.0129. The molecule has 2 heterocycles. The van der Waals surface area contributed by atoms with Crippen LogP contribution in [-0.4, -0.2) is 34.3 Å². The second-order valence-electron chi connectivity index (χ2n) is 4.34. The zero-order chi connectivity index (χ0) is 13.0. The quantitative estimate of drug-likeness (QED) is 0.831. The van der Waals surface area contributed by atoms with Gasteiger partial charge in [-0.05, 0) is 32.3 Å². The van der Waals surface area contributed by atoms with Crippen LogP contribution in [0.4, 0.5) is 0 Å². The highest BCUT2D eigenvalue weighted by Crippen LogP contribution is 2.14. The van der Waals surface area contributed by atoms with Crippen molar-refractivity contribution in [2.75, 3.05) is 13.2 Å². The van der Waals surface area contributed by atoms with Gasteiger partial charge in [-0.2, -0.15) is 4.98 Å². The maximum Gasteiger partial charge on any atom is 0.317 e. The fourth-order valence-electron chi connectivity index (χ4n) is 1.84. The van der Waals surface area contributed by atoms with Gasteiger partial charge in [0.05, 0.1) is 6.10 Å². The molecule has 0 saturated carbocycles. The minimum absolute atomic E-state index is 0.135. The molecule has 1 aromatic rings. The van der Waals surface area contributed by atoms with E-state index >= 15 is 0 Å². The summed E-state index contributed by atoms with van der Waals surface area (Å²) >= 11 is 4.90. The van der Waals surface area contributed by atoms with E-state index in [2.05, 4.69) is 9.97 Å². The number of aryl methyl sites for hydroxylation is 1. The molecular formula is C12H17N3O2S. The molecule has 1 unspecified atom stereocenters. The van der Waals surface area contributed by atoms with Crippen LogP contribution in [-0.2, 0) is 4.74 Å². The SMILES string of the molecule is Cc1cc(C(N)=S)nc(OCC2CCCCO2)n1. The third-order valence-corrected chi connectivity index (χ3v) is 2.97. The maximum atomic E-state index is 5.58. The molecule has 0 spiro atoms. The number of ether oxygens (including phenoxy) is 2. The Kier molecular flexibility index (Phi) is 4.43. The second kappa shape index (κ2) is 6.06. The lowest BCUT2D eigenvalue weighted by atomic mass is 10.1. The molecule has 2 N–H and O–H groups in total. The molecule has 5 nitrogen and oxygen atoms in total. The van der Waals surface area contributed by atoms with Crippen LogP contribution < -0.4 is 10.5 Å². The Morgan fingerprint density at radius 3 is 3.06 bits per heavy atom. The smallest absolute Gasteiger partial charge is 0.317 e. The molecule has 1 saturated heterocycles. The van der Waals surface area contributed by atoms with Crippen LogP contribution in [0.15, 0.2) is 6.07 Å². The molecule has 1 aliphatic heterocycles. The van der Waals surface area contributed by atoms with Crippen molar-refractivity contribution in [3.8, 4) is 6.01 Å². The number of thiocarbonyl (C=S) groups is 1. The minimum Gasteiger partial charge on any atom is -0.461 e. The van der Waals surface area contributed by atoms with Gasteiger partial charge in [0.1, 0.15) is 17.3 Å². The van der Waals surface area contributed by atoms with Gasteiger partial charge in [-0.15, -0.1) is 0 Å². The molecule has 0 aliphatic carbocycles. The zero-order valence-electron chi connectivity index (χ0n) is 10.4. The zero-order valence-corrected chi connectivity index (χ0v) is 11.2. The second-order valence-corrected chi connectivity index (χ2v) is 4.78. The van der Waals surface area contributed by atoms with Crippen LogP contribution in [0, 0.1) is 6.92 Å². The predicted molar refractivity (Wildman–Crippen MR) is 71.7 cm³/mol. The first kappa shape index (κ1) is 13.2. The van der Waals surface area contributed by atoms with E-state index in [1.54, 1.807) is 6.07 Å². The topological polar surface area (TPSA) is 70.3 Å². The maximum absolute atomic E-state index is 5.58. The minimum atomic E-state index is 0.135. The van der Waals surface area contributed by atoms with Crippen LogP contribution in [0.2, 0.25) is 0 Å². The van der Waals surface area contributed by atoms with Crippen molar-refractivity contribution in [1.82, 2.24) is 9.97 Å². The van der Waals surface area contributed by atoms with Crippen LogP contribution in [0.25, 0.3) is 0 Å². The first-order valence-electron chi connectivity index (χ1n) is 6.05. The predicted octanol–water partition coefficient (Wildman–Crippen LogP) is 1.37. The van der Waals surface area contributed by atoms with E-state index in [1.807, 2.05) is 6.92 Å². The van der Waals surface area contributed by atoms with Crippen LogP contribution in [0.5, 0.6) is 6.01 Å². The van der Waals surface area contributed by atoms with Gasteiger partial charge < -0.3 is 15.2 Å². The molecule has 0 radical (unpaired) electrons. The van der Waals surface area contributed by atoms with E-state index in [0.717, 1.165) is 25.1 Å². The third kappa shape index (κ3) is 3.61. The van der Waals surface area contributed by atoms with Gasteiger partial charge in [0, 0.05) is 12.3 Å². The molecular weight excluding hydrogens is 250 g/mol. The highest BCUT2D eigenvalue weighted by atomic mass is 32.1. The normalized spacial score (nSPS) is 19.5. The molecule has 2 rings (SSSR count). The van der Waals surface area contributed by atoms with Crippen molar-refractivity contribution in [3.63, 3.8) is 0 Å². The molecule has 0 amide bonds. The average Bonchev–Trinajstić information content (AvgIpc) is 2.37. The molecule has 18 heavy (non-hydrogen) atoms. The van der Waals surface area contributed by atoms with Gasteiger partial charge in [-0.25, -0.2) is 4.98 Å². The van der Waals surface area contributed by atoms with Crippen molar-refractivity contribution in [2.24, 2.45) is 5.73 Å². The summed E-state index contributed by atoms with van der Waals surface area (Å²) in [4.78, 5) is 8.61. The highest BCUT2D eigenvalue weighted by Gasteiger charge is 2.15. The number of aromatic nitrogens is 2. The standard InChI is InChI=1S/C12H17N3O2S/c1-8-6-10(11(13)18)15-12(14-8)17-7-9-4-2-3-5-16-9/h6,9H,2-5,7H2,1H3,(H2,13,18). The molecule has 0 bridgehead atoms. The Morgan fingerprint density at radius 1 is 1.56 bits per heavy atom. The molecule has 98 valence electrons. The van der Waals surface area contributed by atoms with E-state index < -0.39 is 0 Å². The number of hydrogen-bond acceptors (Lipinski definition) is 5. The lowest BCUT2D eigenvalue weighted by Crippen LogP contribution is -2.26. The van der Waals surface area contributed by atoms with Gasteiger partial charge in [-0.3, -0.25) is 0 Å². The molecule has 1 aliphatic rings. The monoisotopic (exact) mass is 267 g/mol. The van der Waals surface area contributed by atoms with Crippen LogP contribution in [0.1, 0.15) is 30.7 Å². The molecule has 1 atom stereocenters. The van der Waals surface area contributed by atoms with Gasteiger partial charge in [-0.1, -0.05) is 12.2 Å². The Hall–Kier alpha value is -1.27. The largest absolute Gasteiger partial charge is 0.461 e. The van der Waals surface area contributed by atoms with E-state index in [0.29, 0.717) is 18.3 Å². The fourth-order valence-corrected chi connectivity index (χ4v) is 1.94. The van der Waals surface area contributed by atoms with Crippen molar-refractivity contribution >= 4 is 17.2 Å². The summed E-state index contributed by atoms with van der Waals surface area (Å²) in [5.41, 5.74) is 6.87. The number of nitrogens with two attached hydrogens (primary N) is 1. The molecule has 0 aromatic carbocycles. The Balaban J connectivity index is 1.97. The summed E-state index contributed by atoms with van der Waals surface area (Å²) in [7, 11) is 0. The van der Waals surface area contributed by atoms with Gasteiger partial charge in [0.15, 0.2) is 0 Å². The summed E-state index contributed by atoms with van der Waals surface area (Å²) < 4.78 is 11.1. The Morgan fingerprint density at radius 2 is 2.39 bits per heavy atom. The summed E-state index contributed by atoms with van der Waals surface area (Å²) in [6, 6.07) is 2.05. The summed E-state index contributed by atoms with van der Waals surface area (Å²) in [6.45, 7) is 3.13. The highest BCUT2D eigenvalue weighted by molar-refractivity contribution is 7.80. The van der Waals surface area contributed by atoms with E-state index in [1.165, 1.54) is 6.42 Å². The van der Waals surface area contributed by atoms with Gasteiger partial charge >= 0.3 is 6.01 Å². The van der Waals surface area contributed by atoms with E-state index in [4.69, 9.17) is 27.4 Å². The molecule has 6 heteroatoms. The number of hydrogen-bond donors (Lipinski definition) is 1. The number of nitrogens with zero attached hydrogens (tertiary/aromatic N) is 2. The van der Waals surface area contributed by atoms with Crippen molar-refractivity contribution in [2.45, 2.75) is 32.3 Å². The van der Waals surface area contributed by atoms with E-state index in [9.17, 15) is 0 Å². The van der Waals surface area contributed by atoms with E-state index in [-0.39, 0.29) is 11.1 Å².